The van der Waals surface area contributed by atoms with Gasteiger partial charge < -0.3 is 24.1 Å². The van der Waals surface area contributed by atoms with Crippen LogP contribution in [0.5, 0.6) is 0 Å². The van der Waals surface area contributed by atoms with E-state index in [1.54, 1.807) is 7.11 Å². The van der Waals surface area contributed by atoms with Crippen LogP contribution in [0.15, 0.2) is 0 Å². The first kappa shape index (κ1) is 10.9. The molecule has 0 aromatic carbocycles. The number of methoxy groups -OCH3 is 1. The first-order valence-corrected chi connectivity index (χ1v) is 5.73. The summed E-state index contributed by atoms with van der Waals surface area (Å²) < 4.78 is 22.7. The molecule has 1 unspecified atom stereocenters. The lowest BCUT2D eigenvalue weighted by molar-refractivity contribution is -0.289. The molecule has 1 N–H and O–H groups in total. The zero-order valence-corrected chi connectivity index (χ0v) is 9.80. The summed E-state index contributed by atoms with van der Waals surface area (Å²) in [4.78, 5) is 0. The molecule has 0 radical (unpaired) electrons. The van der Waals surface area contributed by atoms with E-state index in [1.165, 1.54) is 0 Å². The fourth-order valence-electron chi connectivity index (χ4n) is 2.93. The average Bonchev–Trinajstić information content (AvgIpc) is 2.68. The van der Waals surface area contributed by atoms with E-state index >= 15 is 0 Å². The summed E-state index contributed by atoms with van der Waals surface area (Å²) in [6, 6.07) is 0. The molecule has 3 aliphatic rings. The van der Waals surface area contributed by atoms with Crippen molar-refractivity contribution in [2.75, 3.05) is 7.11 Å². The first-order valence-electron chi connectivity index (χ1n) is 5.73. The van der Waals surface area contributed by atoms with Gasteiger partial charge in [-0.15, -0.1) is 0 Å². The molecule has 92 valence electrons. The molecule has 5 atom stereocenters. The van der Waals surface area contributed by atoms with Crippen molar-refractivity contribution in [1.82, 2.24) is 0 Å². The number of hydrogen-bond acceptors (Lipinski definition) is 5. The Kier molecular flexibility index (Phi) is 2.17. The summed E-state index contributed by atoms with van der Waals surface area (Å²) in [6.07, 6.45) is 0.170. The second-order valence-corrected chi connectivity index (χ2v) is 5.25. The Labute approximate surface area is 94.6 Å². The van der Waals surface area contributed by atoms with Gasteiger partial charge in [0.15, 0.2) is 12.1 Å². The van der Waals surface area contributed by atoms with Gasteiger partial charge >= 0.3 is 0 Å². The van der Waals surface area contributed by atoms with Gasteiger partial charge in [0.2, 0.25) is 0 Å². The van der Waals surface area contributed by atoms with Crippen LogP contribution in [0.3, 0.4) is 0 Å². The second kappa shape index (κ2) is 3.17. The fraction of sp³-hybridized carbons (Fsp3) is 1.00. The SMILES string of the molecule is CO[C@@H]1O[C@@]2(CC[C@@H]2O)C2OC(C)(C)O[C@@H]21. The second-order valence-electron chi connectivity index (χ2n) is 5.25. The molecule has 2 saturated heterocycles. The first-order chi connectivity index (χ1) is 7.48. The van der Waals surface area contributed by atoms with Gasteiger partial charge in [0.25, 0.3) is 0 Å². The van der Waals surface area contributed by atoms with Gasteiger partial charge in [0, 0.05) is 7.11 Å². The summed E-state index contributed by atoms with van der Waals surface area (Å²) >= 11 is 0. The van der Waals surface area contributed by atoms with Crippen LogP contribution in [-0.4, -0.2) is 48.2 Å². The number of hydrogen-bond donors (Lipinski definition) is 1. The number of ether oxygens (including phenoxy) is 4. The fourth-order valence-corrected chi connectivity index (χ4v) is 2.93. The molecule has 1 saturated carbocycles. The van der Waals surface area contributed by atoms with E-state index in [0.717, 1.165) is 12.8 Å². The van der Waals surface area contributed by atoms with E-state index in [1.807, 2.05) is 13.8 Å². The highest BCUT2D eigenvalue weighted by atomic mass is 16.8. The highest BCUT2D eigenvalue weighted by Crippen LogP contribution is 2.52. The molecular weight excluding hydrogens is 212 g/mol. The molecular formula is C11H18O5. The molecule has 0 amide bonds. The van der Waals surface area contributed by atoms with Crippen LogP contribution in [0.2, 0.25) is 0 Å². The molecule has 16 heavy (non-hydrogen) atoms. The molecule has 3 fully saturated rings. The molecule has 0 aromatic rings. The van der Waals surface area contributed by atoms with Crippen molar-refractivity contribution in [3.63, 3.8) is 0 Å². The minimum atomic E-state index is -0.627. The smallest absolute Gasteiger partial charge is 0.187 e. The van der Waals surface area contributed by atoms with Crippen molar-refractivity contribution in [1.29, 1.82) is 0 Å². The highest BCUT2D eigenvalue weighted by Gasteiger charge is 2.68. The van der Waals surface area contributed by atoms with Gasteiger partial charge in [0.1, 0.15) is 17.8 Å². The lowest BCUT2D eigenvalue weighted by Gasteiger charge is -2.45. The quantitative estimate of drug-likeness (QED) is 0.706. The molecule has 5 nitrogen and oxygen atoms in total. The number of fused-ring (bicyclic) bond motifs is 2. The maximum Gasteiger partial charge on any atom is 0.187 e. The van der Waals surface area contributed by atoms with E-state index in [9.17, 15) is 5.11 Å². The molecule has 1 spiro atoms. The number of aliphatic hydroxyl groups is 1. The van der Waals surface area contributed by atoms with Crippen LogP contribution in [0.25, 0.3) is 0 Å². The lowest BCUT2D eigenvalue weighted by atomic mass is 9.73. The van der Waals surface area contributed by atoms with Crippen LogP contribution in [0.1, 0.15) is 26.7 Å². The summed E-state index contributed by atoms with van der Waals surface area (Å²) in [6.45, 7) is 3.74. The van der Waals surface area contributed by atoms with E-state index in [0.29, 0.717) is 0 Å². The van der Waals surface area contributed by atoms with E-state index < -0.39 is 23.8 Å². The van der Waals surface area contributed by atoms with Crippen molar-refractivity contribution >= 4 is 0 Å². The Morgan fingerprint density at radius 3 is 2.50 bits per heavy atom. The normalized spacial score (nSPS) is 54.0. The largest absolute Gasteiger partial charge is 0.390 e. The number of rotatable bonds is 1. The topological polar surface area (TPSA) is 57.2 Å². The van der Waals surface area contributed by atoms with Gasteiger partial charge in [-0.3, -0.25) is 0 Å². The summed E-state index contributed by atoms with van der Waals surface area (Å²) in [5.41, 5.74) is -0.612. The van der Waals surface area contributed by atoms with Crippen molar-refractivity contribution in [3.05, 3.63) is 0 Å². The summed E-state index contributed by atoms with van der Waals surface area (Å²) in [5, 5.41) is 9.91. The minimum Gasteiger partial charge on any atom is -0.390 e. The Balaban J connectivity index is 1.89. The average molecular weight is 230 g/mol. The van der Waals surface area contributed by atoms with Crippen LogP contribution in [0, 0.1) is 0 Å². The maximum atomic E-state index is 9.91. The standard InChI is InChI=1S/C11H18O5/c1-10(2)14-7-8(15-10)11(5-4-6(11)12)16-9(7)13-3/h6-9,12H,4-5H2,1-3H3/t6-,7-,8?,9+,11+/m0/s1. The van der Waals surface area contributed by atoms with E-state index in [2.05, 4.69) is 0 Å². The Morgan fingerprint density at radius 2 is 2.00 bits per heavy atom. The van der Waals surface area contributed by atoms with Gasteiger partial charge in [-0.2, -0.15) is 0 Å². The third kappa shape index (κ3) is 1.23. The van der Waals surface area contributed by atoms with Crippen LogP contribution >= 0.6 is 0 Å². The molecule has 5 heteroatoms. The third-order valence-electron chi connectivity index (χ3n) is 3.82. The summed E-state index contributed by atoms with van der Waals surface area (Å²) in [7, 11) is 1.58. The minimum absolute atomic E-state index is 0.226. The Morgan fingerprint density at radius 1 is 1.25 bits per heavy atom. The number of aliphatic hydroxyl groups excluding tert-OH is 1. The molecule has 0 aromatic heterocycles. The Bertz CT molecular complexity index is 305. The van der Waals surface area contributed by atoms with Crippen molar-refractivity contribution in [2.45, 2.75) is 62.7 Å². The van der Waals surface area contributed by atoms with Crippen LogP contribution in [-0.2, 0) is 18.9 Å². The molecule has 2 heterocycles. The van der Waals surface area contributed by atoms with Crippen molar-refractivity contribution in [2.24, 2.45) is 0 Å². The summed E-state index contributed by atoms with van der Waals surface area (Å²) in [5.74, 6) is -0.627. The van der Waals surface area contributed by atoms with Gasteiger partial charge in [-0.25, -0.2) is 0 Å². The zero-order chi connectivity index (χ0) is 11.6. The predicted octanol–water partition coefficient (Wildman–Crippen LogP) is 0.403. The predicted molar refractivity (Wildman–Crippen MR) is 53.7 cm³/mol. The molecule has 3 rings (SSSR count). The van der Waals surface area contributed by atoms with Crippen LogP contribution in [0.4, 0.5) is 0 Å². The Hall–Kier alpha value is -0.200. The van der Waals surface area contributed by atoms with Gasteiger partial charge in [0.05, 0.1) is 6.10 Å². The van der Waals surface area contributed by atoms with Gasteiger partial charge in [-0.1, -0.05) is 0 Å². The molecule has 1 aliphatic carbocycles. The highest BCUT2D eigenvalue weighted by molar-refractivity contribution is 5.13. The van der Waals surface area contributed by atoms with Crippen molar-refractivity contribution in [3.8, 4) is 0 Å². The zero-order valence-electron chi connectivity index (χ0n) is 9.80. The van der Waals surface area contributed by atoms with E-state index in [4.69, 9.17) is 18.9 Å². The third-order valence-corrected chi connectivity index (χ3v) is 3.82. The van der Waals surface area contributed by atoms with Crippen molar-refractivity contribution < 1.29 is 24.1 Å². The molecule has 2 aliphatic heterocycles. The monoisotopic (exact) mass is 230 g/mol. The lowest BCUT2D eigenvalue weighted by Crippen LogP contribution is -2.59. The maximum absolute atomic E-state index is 9.91. The van der Waals surface area contributed by atoms with Gasteiger partial charge in [-0.05, 0) is 26.7 Å². The van der Waals surface area contributed by atoms with Crippen LogP contribution < -0.4 is 0 Å². The van der Waals surface area contributed by atoms with E-state index in [-0.39, 0.29) is 12.2 Å². The molecule has 0 bridgehead atoms.